The zero-order valence-electron chi connectivity index (χ0n) is 24.9. The maximum Gasteiger partial charge on any atom is 0.313 e. The van der Waals surface area contributed by atoms with E-state index < -0.39 is 21.5 Å². The molecule has 2 aliphatic carbocycles. The Hall–Kier alpha value is -3.37. The minimum Gasteiger partial charge on any atom is -0.497 e. The van der Waals surface area contributed by atoms with Crippen molar-refractivity contribution in [2.45, 2.75) is 71.3 Å². The van der Waals surface area contributed by atoms with Crippen LogP contribution in [0.5, 0.6) is 5.75 Å². The summed E-state index contributed by atoms with van der Waals surface area (Å²) in [5.41, 5.74) is 3.68. The van der Waals surface area contributed by atoms with Crippen molar-refractivity contribution in [2.75, 3.05) is 27.3 Å². The van der Waals surface area contributed by atoms with E-state index in [1.807, 2.05) is 30.3 Å². The van der Waals surface area contributed by atoms with Gasteiger partial charge >= 0.3 is 16.2 Å². The Kier molecular flexibility index (Phi) is 8.66. The van der Waals surface area contributed by atoms with Crippen molar-refractivity contribution in [1.29, 1.82) is 0 Å². The van der Waals surface area contributed by atoms with Crippen molar-refractivity contribution < 1.29 is 27.5 Å². The Morgan fingerprint density at radius 2 is 1.67 bits per heavy atom. The number of nitrogens with one attached hydrogen (secondary N) is 1. The second-order valence-electron chi connectivity index (χ2n) is 11.4. The van der Waals surface area contributed by atoms with Crippen molar-refractivity contribution >= 4 is 33.0 Å². The molecule has 0 radical (unpaired) electrons. The molecule has 226 valence electrons. The predicted molar refractivity (Wildman–Crippen MR) is 163 cm³/mol. The molecule has 0 unspecified atom stereocenters. The molecule has 1 amide bonds. The van der Waals surface area contributed by atoms with E-state index >= 15 is 0 Å². The maximum atomic E-state index is 13.3. The van der Waals surface area contributed by atoms with E-state index in [-0.39, 0.29) is 24.6 Å². The van der Waals surface area contributed by atoms with E-state index in [1.54, 1.807) is 33.1 Å². The van der Waals surface area contributed by atoms with Crippen LogP contribution in [0.2, 0.25) is 0 Å². The number of aromatic nitrogens is 1. The normalized spacial score (nSPS) is 16.9. The largest absolute Gasteiger partial charge is 0.497 e. The van der Waals surface area contributed by atoms with Crippen LogP contribution in [-0.4, -0.2) is 56.5 Å². The van der Waals surface area contributed by atoms with Crippen molar-refractivity contribution in [3.8, 4) is 17.0 Å². The molecule has 5 rings (SSSR count). The highest BCUT2D eigenvalue weighted by molar-refractivity contribution is 7.87. The molecule has 42 heavy (non-hydrogen) atoms. The van der Waals surface area contributed by atoms with Gasteiger partial charge in [-0.15, -0.1) is 0 Å². The van der Waals surface area contributed by atoms with Gasteiger partial charge in [-0.05, 0) is 79.1 Å². The average molecular weight is 596 g/mol. The summed E-state index contributed by atoms with van der Waals surface area (Å²) < 4.78 is 41.9. The Morgan fingerprint density at radius 3 is 2.24 bits per heavy atom. The van der Waals surface area contributed by atoms with Gasteiger partial charge in [-0.1, -0.05) is 39.2 Å². The smallest absolute Gasteiger partial charge is 0.313 e. The molecule has 0 atom stereocenters. The molecule has 2 aromatic carbocycles. The van der Waals surface area contributed by atoms with E-state index in [9.17, 15) is 18.0 Å². The molecule has 9 nitrogen and oxygen atoms in total. The monoisotopic (exact) mass is 595 g/mol. The minimum atomic E-state index is -3.98. The molecule has 0 aliphatic heterocycles. The molecular weight excluding hydrogens is 554 g/mol. The minimum absolute atomic E-state index is 0.233. The Bertz CT molecular complexity index is 1560. The van der Waals surface area contributed by atoms with Gasteiger partial charge in [-0.3, -0.25) is 9.59 Å². The number of fused-ring (bicyclic) bond motifs is 1. The van der Waals surface area contributed by atoms with Crippen LogP contribution in [0.15, 0.2) is 42.5 Å². The van der Waals surface area contributed by atoms with Gasteiger partial charge in [0.05, 0.1) is 25.3 Å². The topological polar surface area (TPSA) is 107 Å². The van der Waals surface area contributed by atoms with Gasteiger partial charge in [-0.25, -0.2) is 4.72 Å². The van der Waals surface area contributed by atoms with Crippen LogP contribution in [-0.2, 0) is 26.3 Å². The fraction of sp³-hybridized carbons (Fsp3) is 0.500. The van der Waals surface area contributed by atoms with Gasteiger partial charge < -0.3 is 14.0 Å². The number of hydrogen-bond acceptors (Lipinski definition) is 6. The standard InChI is InChI=1S/C32H41N3O6S/c1-5-34(6-2)42(38,39)33-30(36)24-14-17-26-27(20-24)35(21-32(18-19-32)31(37)41-4)29(23-12-15-25(40-3)16-13-23)28(26)22-10-8-7-9-11-22/h12-17,20,22H,5-11,18-19,21H2,1-4H3,(H,33,36). The zero-order chi connectivity index (χ0) is 30.1. The number of hydrogen-bond donors (Lipinski definition) is 1. The quantitative estimate of drug-likeness (QED) is 0.288. The van der Waals surface area contributed by atoms with Crippen LogP contribution in [0.25, 0.3) is 22.2 Å². The first-order valence-corrected chi connectivity index (χ1v) is 16.3. The van der Waals surface area contributed by atoms with E-state index in [2.05, 4.69) is 9.29 Å². The molecule has 0 bridgehead atoms. The molecule has 1 heterocycles. The fourth-order valence-corrected chi connectivity index (χ4v) is 7.61. The SMILES string of the molecule is CCN(CC)S(=O)(=O)NC(=O)c1ccc2c(C3CCCCC3)c(-c3ccc(OC)cc3)n(CC3(C(=O)OC)CC3)c2c1. The summed E-state index contributed by atoms with van der Waals surface area (Å²) in [7, 11) is -0.921. The number of benzene rings is 2. The third-order valence-corrected chi connectivity index (χ3v) is 10.6. The van der Waals surface area contributed by atoms with E-state index in [4.69, 9.17) is 9.47 Å². The molecule has 1 aromatic heterocycles. The lowest BCUT2D eigenvalue weighted by Crippen LogP contribution is -2.43. The second-order valence-corrected chi connectivity index (χ2v) is 13.1. The molecule has 1 N–H and O–H groups in total. The molecule has 2 fully saturated rings. The summed E-state index contributed by atoms with van der Waals surface area (Å²) in [5.74, 6) is 0.164. The molecule has 2 saturated carbocycles. The Labute approximate surface area is 248 Å². The summed E-state index contributed by atoms with van der Waals surface area (Å²) in [5, 5.41) is 1.02. The van der Waals surface area contributed by atoms with Crippen molar-refractivity contribution in [3.63, 3.8) is 0 Å². The highest BCUT2D eigenvalue weighted by atomic mass is 32.2. The third kappa shape index (κ3) is 5.66. The van der Waals surface area contributed by atoms with Gasteiger partial charge in [0.2, 0.25) is 0 Å². The van der Waals surface area contributed by atoms with Gasteiger partial charge in [0.1, 0.15) is 5.75 Å². The molecule has 2 aliphatic rings. The number of carbonyl (C=O) groups is 2. The first-order chi connectivity index (χ1) is 20.2. The number of nitrogens with zero attached hydrogens (tertiary/aromatic N) is 2. The summed E-state index contributed by atoms with van der Waals surface area (Å²) >= 11 is 0. The van der Waals surface area contributed by atoms with Crippen molar-refractivity contribution in [2.24, 2.45) is 5.41 Å². The van der Waals surface area contributed by atoms with Gasteiger partial charge in [-0.2, -0.15) is 12.7 Å². The van der Waals surface area contributed by atoms with Gasteiger partial charge in [0.15, 0.2) is 0 Å². The molecular formula is C32H41N3O6S. The van der Waals surface area contributed by atoms with Gasteiger partial charge in [0, 0.05) is 36.1 Å². The summed E-state index contributed by atoms with van der Waals surface area (Å²) in [6.07, 6.45) is 7.09. The number of methoxy groups -OCH3 is 2. The first-order valence-electron chi connectivity index (χ1n) is 14.9. The lowest BCUT2D eigenvalue weighted by atomic mass is 9.81. The lowest BCUT2D eigenvalue weighted by molar-refractivity contribution is -0.147. The van der Waals surface area contributed by atoms with Crippen molar-refractivity contribution in [1.82, 2.24) is 13.6 Å². The average Bonchev–Trinajstić information content (AvgIpc) is 3.73. The second kappa shape index (κ2) is 12.1. The van der Waals surface area contributed by atoms with Crippen LogP contribution in [0.4, 0.5) is 0 Å². The Balaban J connectivity index is 1.70. The van der Waals surface area contributed by atoms with Crippen LogP contribution in [0.1, 0.15) is 80.6 Å². The molecule has 0 spiro atoms. The zero-order valence-corrected chi connectivity index (χ0v) is 25.8. The van der Waals surface area contributed by atoms with Crippen LogP contribution >= 0.6 is 0 Å². The summed E-state index contributed by atoms with van der Waals surface area (Å²) in [6, 6.07) is 13.4. The summed E-state index contributed by atoms with van der Waals surface area (Å²) in [6.45, 7) is 4.38. The number of ether oxygens (including phenoxy) is 2. The van der Waals surface area contributed by atoms with Crippen molar-refractivity contribution in [3.05, 3.63) is 53.6 Å². The van der Waals surface area contributed by atoms with E-state index in [1.165, 1.54) is 23.4 Å². The molecule has 3 aromatic rings. The van der Waals surface area contributed by atoms with E-state index in [0.29, 0.717) is 12.5 Å². The third-order valence-electron chi connectivity index (χ3n) is 8.94. The van der Waals surface area contributed by atoms with Crippen LogP contribution < -0.4 is 9.46 Å². The fourth-order valence-electron chi connectivity index (χ4n) is 6.45. The van der Waals surface area contributed by atoms with E-state index in [0.717, 1.165) is 66.4 Å². The maximum absolute atomic E-state index is 13.3. The number of carbonyl (C=O) groups excluding carboxylic acids is 2. The number of rotatable bonds is 11. The predicted octanol–water partition coefficient (Wildman–Crippen LogP) is 5.63. The van der Waals surface area contributed by atoms with Crippen LogP contribution in [0, 0.1) is 5.41 Å². The first kappa shape index (κ1) is 30.1. The number of amides is 1. The molecule has 10 heteroatoms. The highest BCUT2D eigenvalue weighted by Crippen LogP contribution is 2.51. The Morgan fingerprint density at radius 1 is 1.00 bits per heavy atom. The van der Waals surface area contributed by atoms with Gasteiger partial charge in [0.25, 0.3) is 5.91 Å². The molecule has 0 saturated heterocycles. The van der Waals surface area contributed by atoms with Crippen LogP contribution in [0.3, 0.4) is 0 Å². The number of esters is 1. The lowest BCUT2D eigenvalue weighted by Gasteiger charge is -2.24. The highest BCUT2D eigenvalue weighted by Gasteiger charge is 2.52. The summed E-state index contributed by atoms with van der Waals surface area (Å²) in [4.78, 5) is 26.3.